The van der Waals surface area contributed by atoms with E-state index >= 15 is 0 Å². The van der Waals surface area contributed by atoms with Crippen LogP contribution in [0.4, 0.5) is 0 Å². The average molecular weight is 486 g/mol. The summed E-state index contributed by atoms with van der Waals surface area (Å²) in [6, 6.07) is 18.0. The van der Waals surface area contributed by atoms with Crippen LogP contribution in [0.5, 0.6) is 5.75 Å². The molecule has 2 amide bonds. The first-order valence-electron chi connectivity index (χ1n) is 10.7. The number of hydrogen-bond donors (Lipinski definition) is 4. The minimum Gasteiger partial charge on any atom is -0.508 e. The average Bonchev–Trinajstić information content (AvgIpc) is 3.56. The molecule has 0 atom stereocenters. The van der Waals surface area contributed by atoms with Crippen molar-refractivity contribution in [3.05, 3.63) is 77.5 Å². The van der Waals surface area contributed by atoms with E-state index in [9.17, 15) is 14.7 Å². The fourth-order valence-electron chi connectivity index (χ4n) is 3.71. The van der Waals surface area contributed by atoms with Gasteiger partial charge in [-0.05, 0) is 70.5 Å². The lowest BCUT2D eigenvalue weighted by Crippen LogP contribution is -2.54. The Bertz CT molecular complexity index is 1420. The number of carbonyl (C=O) groups excluding carboxylic acids is 2. The molecule has 3 heterocycles. The lowest BCUT2D eigenvalue weighted by atomic mass is 10.1. The number of thiocarbonyl (C=S) groups is 1. The van der Waals surface area contributed by atoms with Gasteiger partial charge < -0.3 is 10.1 Å². The van der Waals surface area contributed by atoms with Crippen LogP contribution in [0.25, 0.3) is 28.7 Å². The zero-order chi connectivity index (χ0) is 24.4. The Kier molecular flexibility index (Phi) is 5.90. The van der Waals surface area contributed by atoms with E-state index in [0.717, 1.165) is 22.4 Å². The standard InChI is InChI=1S/C24H19N7O3S/c32-18-8-1-14(2-9-18)11-12-31-23(34)19(22(33)26-24(31)35)13-17-7-10-20(25-17)15-3-5-16(6-4-15)21-27-29-30-28-21/h1-10,13,25,32H,11-12H2,(H,26,33,35)(H,27,28,29,30)/b19-13+. The van der Waals surface area contributed by atoms with E-state index in [1.807, 2.05) is 30.3 Å². The minimum atomic E-state index is -0.540. The maximum atomic E-state index is 13.1. The number of amides is 2. The molecular formula is C24H19N7O3S. The molecular weight excluding hydrogens is 466 g/mol. The number of phenolic OH excluding ortho intramolecular Hbond substituents is 1. The van der Waals surface area contributed by atoms with Gasteiger partial charge in [0.05, 0.1) is 0 Å². The first kappa shape index (κ1) is 22.2. The summed E-state index contributed by atoms with van der Waals surface area (Å²) < 4.78 is 0. The third-order valence-electron chi connectivity index (χ3n) is 5.57. The van der Waals surface area contributed by atoms with E-state index in [-0.39, 0.29) is 16.4 Å². The number of tetrazole rings is 1. The number of H-pyrrole nitrogens is 2. The fraction of sp³-hybridized carbons (Fsp3) is 0.0833. The van der Waals surface area contributed by atoms with Gasteiger partial charge in [-0.3, -0.25) is 19.8 Å². The zero-order valence-corrected chi connectivity index (χ0v) is 19.0. The number of hydrogen-bond acceptors (Lipinski definition) is 7. The van der Waals surface area contributed by atoms with Crippen LogP contribution in [0.15, 0.2) is 66.2 Å². The van der Waals surface area contributed by atoms with Crippen LogP contribution in [0.3, 0.4) is 0 Å². The van der Waals surface area contributed by atoms with Crippen LogP contribution in [0, 0.1) is 0 Å². The molecule has 0 spiro atoms. The monoisotopic (exact) mass is 485 g/mol. The summed E-state index contributed by atoms with van der Waals surface area (Å²) in [4.78, 5) is 30.2. The van der Waals surface area contributed by atoms with E-state index < -0.39 is 11.8 Å². The molecule has 0 radical (unpaired) electrons. The smallest absolute Gasteiger partial charge is 0.265 e. The number of aromatic hydroxyl groups is 1. The van der Waals surface area contributed by atoms with Crippen LogP contribution >= 0.6 is 12.2 Å². The number of benzene rings is 2. The van der Waals surface area contributed by atoms with E-state index in [2.05, 4.69) is 30.9 Å². The number of nitrogens with one attached hydrogen (secondary N) is 3. The molecule has 0 bridgehead atoms. The number of nitrogens with zero attached hydrogens (tertiary/aromatic N) is 4. The number of carbonyl (C=O) groups is 2. The highest BCUT2D eigenvalue weighted by Gasteiger charge is 2.33. The van der Waals surface area contributed by atoms with Crippen molar-refractivity contribution in [1.29, 1.82) is 0 Å². The summed E-state index contributed by atoms with van der Waals surface area (Å²) in [5.41, 5.74) is 4.12. The second-order valence-electron chi connectivity index (χ2n) is 7.85. The summed E-state index contributed by atoms with van der Waals surface area (Å²) in [5.74, 6) is -0.256. The Balaban J connectivity index is 1.32. The molecule has 4 N–H and O–H groups in total. The molecule has 1 fully saturated rings. The third-order valence-corrected chi connectivity index (χ3v) is 5.89. The van der Waals surface area contributed by atoms with Gasteiger partial charge in [-0.1, -0.05) is 36.4 Å². The van der Waals surface area contributed by atoms with Gasteiger partial charge in [0.2, 0.25) is 0 Å². The predicted octanol–water partition coefficient (Wildman–Crippen LogP) is 2.44. The topological polar surface area (TPSA) is 140 Å². The molecule has 10 nitrogen and oxygen atoms in total. The maximum absolute atomic E-state index is 13.1. The first-order valence-corrected chi connectivity index (χ1v) is 11.1. The minimum absolute atomic E-state index is 0.00845. The number of phenols is 1. The van der Waals surface area contributed by atoms with Crippen molar-refractivity contribution >= 4 is 35.2 Å². The van der Waals surface area contributed by atoms with Crippen LogP contribution in [-0.2, 0) is 16.0 Å². The molecule has 4 aromatic rings. The van der Waals surface area contributed by atoms with Crippen molar-refractivity contribution in [1.82, 2.24) is 35.8 Å². The predicted molar refractivity (Wildman–Crippen MR) is 132 cm³/mol. The van der Waals surface area contributed by atoms with Crippen LogP contribution in [0.1, 0.15) is 11.3 Å². The van der Waals surface area contributed by atoms with Gasteiger partial charge in [0.15, 0.2) is 10.9 Å². The third kappa shape index (κ3) is 4.70. The summed E-state index contributed by atoms with van der Waals surface area (Å²) in [7, 11) is 0. The summed E-state index contributed by atoms with van der Waals surface area (Å²) in [6.45, 7) is 0.295. The highest BCUT2D eigenvalue weighted by Crippen LogP contribution is 2.24. The molecule has 11 heteroatoms. The number of aromatic nitrogens is 5. The Morgan fingerprint density at radius 2 is 1.71 bits per heavy atom. The Labute approximate surface area is 204 Å². The van der Waals surface area contributed by atoms with Gasteiger partial charge in [0, 0.05) is 23.5 Å². The molecule has 174 valence electrons. The maximum Gasteiger partial charge on any atom is 0.265 e. The Morgan fingerprint density at radius 1 is 0.971 bits per heavy atom. The molecule has 35 heavy (non-hydrogen) atoms. The normalized spacial score (nSPS) is 15.0. The molecule has 0 aliphatic carbocycles. The molecule has 1 aliphatic heterocycles. The van der Waals surface area contributed by atoms with E-state index in [4.69, 9.17) is 12.2 Å². The Morgan fingerprint density at radius 3 is 2.43 bits per heavy atom. The quantitative estimate of drug-likeness (QED) is 0.187. The van der Waals surface area contributed by atoms with Crippen LogP contribution < -0.4 is 5.32 Å². The second kappa shape index (κ2) is 9.31. The SMILES string of the molecule is O=C1NC(=S)N(CCc2ccc(O)cc2)C(=O)/C1=C/c1ccc(-c2ccc(-c3nnn[nH]3)cc2)[nH]1. The number of rotatable bonds is 6. The molecule has 0 unspecified atom stereocenters. The molecule has 2 aromatic carbocycles. The largest absolute Gasteiger partial charge is 0.508 e. The van der Waals surface area contributed by atoms with E-state index in [1.54, 1.807) is 30.3 Å². The molecule has 1 aliphatic rings. The van der Waals surface area contributed by atoms with Gasteiger partial charge in [-0.2, -0.15) is 0 Å². The fourth-order valence-corrected chi connectivity index (χ4v) is 3.98. The number of aromatic amines is 2. The van der Waals surface area contributed by atoms with Gasteiger partial charge in [0.25, 0.3) is 11.8 Å². The molecule has 5 rings (SSSR count). The van der Waals surface area contributed by atoms with Gasteiger partial charge in [0.1, 0.15) is 11.3 Å². The van der Waals surface area contributed by atoms with E-state index in [0.29, 0.717) is 24.5 Å². The van der Waals surface area contributed by atoms with Crippen molar-refractivity contribution in [2.45, 2.75) is 6.42 Å². The van der Waals surface area contributed by atoms with Gasteiger partial charge in [-0.25, -0.2) is 5.10 Å². The van der Waals surface area contributed by atoms with Gasteiger partial charge >= 0.3 is 0 Å². The van der Waals surface area contributed by atoms with Crippen molar-refractivity contribution in [2.24, 2.45) is 0 Å². The lowest BCUT2D eigenvalue weighted by Gasteiger charge is -2.28. The summed E-state index contributed by atoms with van der Waals surface area (Å²) >= 11 is 5.23. The van der Waals surface area contributed by atoms with Crippen LogP contribution in [-0.4, -0.2) is 59.1 Å². The zero-order valence-electron chi connectivity index (χ0n) is 18.2. The summed E-state index contributed by atoms with van der Waals surface area (Å²) in [5, 5.41) is 25.9. The van der Waals surface area contributed by atoms with Crippen molar-refractivity contribution in [2.75, 3.05) is 6.54 Å². The Hall–Kier alpha value is -4.64. The molecule has 0 saturated carbocycles. The highest BCUT2D eigenvalue weighted by atomic mass is 32.1. The van der Waals surface area contributed by atoms with Crippen molar-refractivity contribution < 1.29 is 14.7 Å². The van der Waals surface area contributed by atoms with Gasteiger partial charge in [-0.15, -0.1) is 5.10 Å². The lowest BCUT2D eigenvalue weighted by molar-refractivity contribution is -0.128. The van der Waals surface area contributed by atoms with Crippen LogP contribution in [0.2, 0.25) is 0 Å². The van der Waals surface area contributed by atoms with Crippen molar-refractivity contribution in [3.63, 3.8) is 0 Å². The first-order chi connectivity index (χ1) is 17.0. The van der Waals surface area contributed by atoms with Crippen molar-refractivity contribution in [3.8, 4) is 28.4 Å². The second-order valence-corrected chi connectivity index (χ2v) is 8.23. The molecule has 2 aromatic heterocycles. The molecule has 1 saturated heterocycles. The highest BCUT2D eigenvalue weighted by molar-refractivity contribution is 7.80. The van der Waals surface area contributed by atoms with E-state index in [1.165, 1.54) is 11.0 Å². The summed E-state index contributed by atoms with van der Waals surface area (Å²) in [6.07, 6.45) is 2.03.